The van der Waals surface area contributed by atoms with E-state index in [1.54, 1.807) is 6.92 Å². The van der Waals surface area contributed by atoms with Crippen LogP contribution < -0.4 is 5.32 Å². The molecule has 0 spiro atoms. The van der Waals surface area contributed by atoms with Gasteiger partial charge in [-0.05, 0) is 25.5 Å². The molecule has 4 nitrogen and oxygen atoms in total. The molecule has 1 aliphatic heterocycles. The Bertz CT molecular complexity index is 345. The molecular formula is C10H14N2O2S. The molecule has 5 heteroatoms. The van der Waals surface area contributed by atoms with Crippen molar-refractivity contribution < 1.29 is 9.21 Å². The molecule has 82 valence electrons. The number of carbonyl (C=O) groups excluding carboxylic acids is 1. The van der Waals surface area contributed by atoms with Crippen LogP contribution in [0, 0.1) is 6.92 Å². The summed E-state index contributed by atoms with van der Waals surface area (Å²) >= 11 is 1.88. The zero-order valence-corrected chi connectivity index (χ0v) is 9.47. The molecule has 1 aromatic rings. The van der Waals surface area contributed by atoms with E-state index in [9.17, 15) is 4.79 Å². The lowest BCUT2D eigenvalue weighted by atomic mass is 10.2. The van der Waals surface area contributed by atoms with E-state index < -0.39 is 0 Å². The van der Waals surface area contributed by atoms with Gasteiger partial charge in [0, 0.05) is 11.8 Å². The summed E-state index contributed by atoms with van der Waals surface area (Å²) in [5, 5.41) is 2.93. The Morgan fingerprint density at radius 3 is 3.20 bits per heavy atom. The number of amides is 1. The van der Waals surface area contributed by atoms with Gasteiger partial charge in [0.05, 0.1) is 5.69 Å². The summed E-state index contributed by atoms with van der Waals surface area (Å²) < 4.78 is 5.04. The molecule has 1 aliphatic rings. The number of nitrogens with zero attached hydrogens (tertiary/aromatic N) is 1. The minimum atomic E-state index is -0.199. The minimum Gasteiger partial charge on any atom is -0.441 e. The zero-order valence-electron chi connectivity index (χ0n) is 8.66. The molecule has 0 saturated carbocycles. The normalized spacial score (nSPS) is 21.3. The van der Waals surface area contributed by atoms with Crippen molar-refractivity contribution in [3.63, 3.8) is 0 Å². The van der Waals surface area contributed by atoms with E-state index in [2.05, 4.69) is 10.3 Å². The van der Waals surface area contributed by atoms with Crippen LogP contribution in [0.15, 0.2) is 10.7 Å². The summed E-state index contributed by atoms with van der Waals surface area (Å²) in [5.41, 5.74) is 0.734. The van der Waals surface area contributed by atoms with Crippen molar-refractivity contribution in [3.05, 3.63) is 17.8 Å². The van der Waals surface area contributed by atoms with Crippen LogP contribution in [-0.2, 0) is 0 Å². The molecule has 1 unspecified atom stereocenters. The predicted molar refractivity (Wildman–Crippen MR) is 59.1 cm³/mol. The largest absolute Gasteiger partial charge is 0.441 e. The highest BCUT2D eigenvalue weighted by Crippen LogP contribution is 2.17. The molecule has 1 amide bonds. The first-order valence-electron chi connectivity index (χ1n) is 5.06. The molecule has 1 fully saturated rings. The molecule has 15 heavy (non-hydrogen) atoms. The van der Waals surface area contributed by atoms with Crippen molar-refractivity contribution in [1.29, 1.82) is 0 Å². The molecule has 1 N–H and O–H groups in total. The van der Waals surface area contributed by atoms with Gasteiger partial charge >= 0.3 is 5.91 Å². The van der Waals surface area contributed by atoms with Gasteiger partial charge in [0.25, 0.3) is 5.89 Å². The highest BCUT2D eigenvalue weighted by atomic mass is 32.2. The molecule has 1 aromatic heterocycles. The number of hydrogen-bond acceptors (Lipinski definition) is 4. The number of carbonyl (C=O) groups is 1. The Morgan fingerprint density at radius 1 is 1.73 bits per heavy atom. The molecular weight excluding hydrogens is 212 g/mol. The zero-order chi connectivity index (χ0) is 10.7. The fourth-order valence-electron chi connectivity index (χ4n) is 1.56. The van der Waals surface area contributed by atoms with Crippen molar-refractivity contribution in [2.45, 2.75) is 25.8 Å². The summed E-state index contributed by atoms with van der Waals surface area (Å²) in [7, 11) is 0. The van der Waals surface area contributed by atoms with Gasteiger partial charge in [-0.3, -0.25) is 4.79 Å². The van der Waals surface area contributed by atoms with Crippen LogP contribution in [0.3, 0.4) is 0 Å². The van der Waals surface area contributed by atoms with E-state index in [0.717, 1.165) is 17.9 Å². The predicted octanol–water partition coefficient (Wildman–Crippen LogP) is 1.61. The molecule has 0 aliphatic carbocycles. The molecule has 0 aromatic carbocycles. The Kier molecular flexibility index (Phi) is 3.30. The number of oxazole rings is 1. The first-order valence-corrected chi connectivity index (χ1v) is 6.22. The molecule has 1 saturated heterocycles. The Labute approximate surface area is 92.8 Å². The van der Waals surface area contributed by atoms with Crippen LogP contribution >= 0.6 is 11.8 Å². The smallest absolute Gasteiger partial charge is 0.307 e. The summed E-state index contributed by atoms with van der Waals surface area (Å²) in [6.45, 7) is 1.80. The highest BCUT2D eigenvalue weighted by Gasteiger charge is 2.19. The third-order valence-corrected chi connectivity index (χ3v) is 3.52. The monoisotopic (exact) mass is 226 g/mol. The third-order valence-electron chi connectivity index (χ3n) is 2.31. The number of hydrogen-bond donors (Lipinski definition) is 1. The number of rotatable bonds is 2. The van der Waals surface area contributed by atoms with Crippen molar-refractivity contribution in [2.75, 3.05) is 11.5 Å². The second-order valence-corrected chi connectivity index (χ2v) is 4.83. The Balaban J connectivity index is 1.91. The maximum atomic E-state index is 11.6. The van der Waals surface area contributed by atoms with Crippen molar-refractivity contribution in [1.82, 2.24) is 10.3 Å². The van der Waals surface area contributed by atoms with Crippen molar-refractivity contribution in [2.24, 2.45) is 0 Å². The van der Waals surface area contributed by atoms with Crippen LogP contribution in [0.1, 0.15) is 29.2 Å². The van der Waals surface area contributed by atoms with E-state index in [1.807, 2.05) is 11.8 Å². The maximum absolute atomic E-state index is 11.6. The SMILES string of the molecule is Cc1coc(C(=O)NC2CCCSC2)n1. The van der Waals surface area contributed by atoms with E-state index >= 15 is 0 Å². The van der Waals surface area contributed by atoms with Gasteiger partial charge in [0.2, 0.25) is 0 Å². The molecule has 0 bridgehead atoms. The van der Waals surface area contributed by atoms with Crippen LogP contribution in [-0.4, -0.2) is 28.4 Å². The Hall–Kier alpha value is -0.970. The van der Waals surface area contributed by atoms with Crippen LogP contribution in [0.25, 0.3) is 0 Å². The number of aryl methyl sites for hydroxylation is 1. The first kappa shape index (κ1) is 10.5. The van der Waals surface area contributed by atoms with Gasteiger partial charge in [0.15, 0.2) is 0 Å². The molecule has 2 heterocycles. The van der Waals surface area contributed by atoms with E-state index in [4.69, 9.17) is 4.42 Å². The quantitative estimate of drug-likeness (QED) is 0.832. The standard InChI is InChI=1S/C10H14N2O2S/c1-7-5-14-10(11-7)9(13)12-8-3-2-4-15-6-8/h5,8H,2-4,6H2,1H3,(H,12,13). The van der Waals surface area contributed by atoms with E-state index in [0.29, 0.717) is 0 Å². The molecule has 1 atom stereocenters. The van der Waals surface area contributed by atoms with E-state index in [-0.39, 0.29) is 17.8 Å². The number of nitrogens with one attached hydrogen (secondary N) is 1. The third kappa shape index (κ3) is 2.75. The van der Waals surface area contributed by atoms with Gasteiger partial charge in [0.1, 0.15) is 6.26 Å². The average Bonchev–Trinajstić information content (AvgIpc) is 2.66. The summed E-state index contributed by atoms with van der Waals surface area (Å²) in [5.74, 6) is 2.16. The first-order chi connectivity index (χ1) is 7.25. The lowest BCUT2D eigenvalue weighted by molar-refractivity contribution is 0.0903. The highest BCUT2D eigenvalue weighted by molar-refractivity contribution is 7.99. The fourth-order valence-corrected chi connectivity index (χ4v) is 2.63. The summed E-state index contributed by atoms with van der Waals surface area (Å²) in [4.78, 5) is 15.6. The lowest BCUT2D eigenvalue weighted by Crippen LogP contribution is -2.38. The summed E-state index contributed by atoms with van der Waals surface area (Å²) in [6.07, 6.45) is 3.71. The van der Waals surface area contributed by atoms with Crippen molar-refractivity contribution in [3.8, 4) is 0 Å². The van der Waals surface area contributed by atoms with Gasteiger partial charge < -0.3 is 9.73 Å². The Morgan fingerprint density at radius 2 is 2.60 bits per heavy atom. The van der Waals surface area contributed by atoms with Gasteiger partial charge in [-0.15, -0.1) is 0 Å². The fraction of sp³-hybridized carbons (Fsp3) is 0.600. The second-order valence-electron chi connectivity index (χ2n) is 3.68. The average molecular weight is 226 g/mol. The van der Waals surface area contributed by atoms with Gasteiger partial charge in [-0.1, -0.05) is 0 Å². The minimum absolute atomic E-state index is 0.170. The summed E-state index contributed by atoms with van der Waals surface area (Å²) in [6, 6.07) is 0.267. The number of thioether (sulfide) groups is 1. The molecule has 0 radical (unpaired) electrons. The van der Waals surface area contributed by atoms with Gasteiger partial charge in [-0.2, -0.15) is 11.8 Å². The van der Waals surface area contributed by atoms with Crippen LogP contribution in [0.5, 0.6) is 0 Å². The molecule has 2 rings (SSSR count). The van der Waals surface area contributed by atoms with Crippen molar-refractivity contribution >= 4 is 17.7 Å². The maximum Gasteiger partial charge on any atom is 0.307 e. The lowest BCUT2D eigenvalue weighted by Gasteiger charge is -2.21. The van der Waals surface area contributed by atoms with Crippen LogP contribution in [0.2, 0.25) is 0 Å². The number of aromatic nitrogens is 1. The topological polar surface area (TPSA) is 55.1 Å². The van der Waals surface area contributed by atoms with Crippen LogP contribution in [0.4, 0.5) is 0 Å². The van der Waals surface area contributed by atoms with Gasteiger partial charge in [-0.25, -0.2) is 4.98 Å². The van der Waals surface area contributed by atoms with E-state index in [1.165, 1.54) is 18.4 Å². The second kappa shape index (κ2) is 4.70.